The van der Waals surface area contributed by atoms with E-state index in [9.17, 15) is 14.7 Å². The first-order valence-corrected chi connectivity index (χ1v) is 17.0. The molecule has 1 N–H and O–H groups in total. The van der Waals surface area contributed by atoms with Crippen LogP contribution in [-0.2, 0) is 19.1 Å². The van der Waals surface area contributed by atoms with Gasteiger partial charge in [-0.3, -0.25) is 14.4 Å². The summed E-state index contributed by atoms with van der Waals surface area (Å²) in [7, 11) is 0. The largest absolute Gasteiger partial charge is 0.494 e. The molecule has 0 aliphatic carbocycles. The third-order valence-electron chi connectivity index (χ3n) is 10.2. The normalized spacial score (nSPS) is 24.3. The number of anilines is 2. The molecular weight excluding hydrogens is 618 g/mol. The van der Waals surface area contributed by atoms with Crippen LogP contribution in [0.3, 0.4) is 0 Å². The molecule has 256 valence electrons. The van der Waals surface area contributed by atoms with Gasteiger partial charge in [0.05, 0.1) is 37.2 Å². The van der Waals surface area contributed by atoms with Crippen molar-refractivity contribution < 1.29 is 29.0 Å². The molecule has 3 aromatic carbocycles. The number of rotatable bonds is 13. The van der Waals surface area contributed by atoms with Gasteiger partial charge in [-0.2, -0.15) is 0 Å². The lowest BCUT2D eigenvalue weighted by molar-refractivity contribution is -0.144. The highest BCUT2D eigenvalue weighted by Gasteiger charge is 2.75. The van der Waals surface area contributed by atoms with Crippen LogP contribution in [0.15, 0.2) is 98.1 Å². The number of likely N-dealkylation sites (tertiary alicyclic amines) is 1. The summed E-state index contributed by atoms with van der Waals surface area (Å²) < 4.78 is 12.4. The number of hydrogen-bond donors (Lipinski definition) is 1. The molecular formula is C40H45N3O6. The second-order valence-electron chi connectivity index (χ2n) is 13.1. The smallest absolute Gasteiger partial charge is 0.253 e. The lowest BCUT2D eigenvalue weighted by atomic mass is 9.70. The fourth-order valence-corrected chi connectivity index (χ4v) is 8.13. The molecule has 3 aliphatic heterocycles. The van der Waals surface area contributed by atoms with Crippen molar-refractivity contribution in [3.05, 3.63) is 115 Å². The van der Waals surface area contributed by atoms with E-state index >= 15 is 4.79 Å². The Bertz CT molecular complexity index is 1730. The van der Waals surface area contributed by atoms with Crippen molar-refractivity contribution in [3.63, 3.8) is 0 Å². The van der Waals surface area contributed by atoms with E-state index in [-0.39, 0.29) is 30.8 Å². The number of hydrogen-bond acceptors (Lipinski definition) is 6. The predicted octanol–water partition coefficient (Wildman–Crippen LogP) is 5.55. The van der Waals surface area contributed by atoms with Crippen molar-refractivity contribution in [2.24, 2.45) is 11.8 Å². The topological polar surface area (TPSA) is 99.6 Å². The minimum absolute atomic E-state index is 0.203. The number of benzene rings is 3. The molecule has 3 heterocycles. The summed E-state index contributed by atoms with van der Waals surface area (Å²) in [6, 6.07) is 20.5. The standard InChI is InChI=1S/C40H45N3O6/c1-6-22-41(29-16-18-30(19-17-29)48-8-3)37(45)34-33-20-21-40(49-33)35(34)38(46)43(32(25-44)28-12-10-9-11-13-28)36(40)39(47)42(23-7-2)31-24-26(4)14-15-27(31)5/h6-7,9-19,24,32-36,44H,1-2,8,20-23,25H2,3-5H3/t32-,33-,34+,35+,36?,40?/m1/s1. The highest BCUT2D eigenvalue weighted by Crippen LogP contribution is 2.60. The van der Waals surface area contributed by atoms with E-state index in [2.05, 4.69) is 13.2 Å². The summed E-state index contributed by atoms with van der Waals surface area (Å²) in [5.41, 5.74) is 2.66. The molecule has 9 heteroatoms. The molecule has 3 saturated heterocycles. The van der Waals surface area contributed by atoms with Gasteiger partial charge in [-0.25, -0.2) is 0 Å². The van der Waals surface area contributed by atoms with Crippen LogP contribution in [0.25, 0.3) is 0 Å². The van der Waals surface area contributed by atoms with Crippen LogP contribution in [0.2, 0.25) is 0 Å². The molecule has 0 saturated carbocycles. The fourth-order valence-electron chi connectivity index (χ4n) is 8.13. The minimum Gasteiger partial charge on any atom is -0.494 e. The van der Waals surface area contributed by atoms with Gasteiger partial charge in [-0.1, -0.05) is 54.6 Å². The first-order chi connectivity index (χ1) is 23.7. The van der Waals surface area contributed by atoms with E-state index in [0.717, 1.165) is 11.1 Å². The number of fused-ring (bicyclic) bond motifs is 1. The number of amides is 3. The van der Waals surface area contributed by atoms with Crippen LogP contribution in [0.5, 0.6) is 5.75 Å². The molecule has 1 spiro atoms. The quantitative estimate of drug-likeness (QED) is 0.241. The Kier molecular flexibility index (Phi) is 9.77. The Morgan fingerprint density at radius 1 is 1.02 bits per heavy atom. The van der Waals surface area contributed by atoms with E-state index in [1.807, 2.05) is 93.6 Å². The zero-order valence-corrected chi connectivity index (χ0v) is 28.5. The van der Waals surface area contributed by atoms with Gasteiger partial charge in [0.1, 0.15) is 17.4 Å². The van der Waals surface area contributed by atoms with Gasteiger partial charge in [0.25, 0.3) is 5.91 Å². The van der Waals surface area contributed by atoms with Gasteiger partial charge >= 0.3 is 0 Å². The van der Waals surface area contributed by atoms with Crippen molar-refractivity contribution >= 4 is 29.1 Å². The van der Waals surface area contributed by atoms with Crippen molar-refractivity contribution in [1.29, 1.82) is 0 Å². The number of aliphatic hydroxyl groups is 1. The SMILES string of the molecule is C=CCN(C(=O)[C@@H]1[C@H]2C(=O)N([C@H](CO)c3ccccc3)C(C(=O)N(CC=C)c3cc(C)ccc3C)C23CC[C@H]1O3)c1ccc(OCC)cc1. The van der Waals surface area contributed by atoms with E-state index in [1.54, 1.807) is 22.0 Å². The summed E-state index contributed by atoms with van der Waals surface area (Å²) in [4.78, 5) is 49.6. The number of carbonyl (C=O) groups excluding carboxylic acids is 3. The summed E-state index contributed by atoms with van der Waals surface area (Å²) >= 11 is 0. The Morgan fingerprint density at radius 3 is 2.37 bits per heavy atom. The van der Waals surface area contributed by atoms with Crippen LogP contribution in [0, 0.1) is 25.7 Å². The number of nitrogens with zero attached hydrogens (tertiary/aromatic N) is 3. The molecule has 0 radical (unpaired) electrons. The summed E-state index contributed by atoms with van der Waals surface area (Å²) in [6.45, 7) is 14.2. The molecule has 2 bridgehead atoms. The van der Waals surface area contributed by atoms with E-state index in [0.29, 0.717) is 42.1 Å². The molecule has 9 nitrogen and oxygen atoms in total. The average Bonchev–Trinajstić information content (AvgIpc) is 3.76. The zero-order chi connectivity index (χ0) is 34.9. The number of aryl methyl sites for hydroxylation is 2. The minimum atomic E-state index is -1.27. The highest BCUT2D eigenvalue weighted by molar-refractivity contribution is 6.07. The van der Waals surface area contributed by atoms with Gasteiger partial charge in [0.15, 0.2) is 0 Å². The Morgan fingerprint density at radius 2 is 1.71 bits per heavy atom. The number of ether oxygens (including phenoxy) is 2. The molecule has 6 atom stereocenters. The first-order valence-electron chi connectivity index (χ1n) is 17.0. The third-order valence-corrected chi connectivity index (χ3v) is 10.2. The fraction of sp³-hybridized carbons (Fsp3) is 0.375. The molecule has 6 rings (SSSR count). The maximum absolute atomic E-state index is 15.2. The molecule has 3 aliphatic rings. The highest BCUT2D eigenvalue weighted by atomic mass is 16.5. The molecule has 2 unspecified atom stereocenters. The maximum Gasteiger partial charge on any atom is 0.253 e. The lowest BCUT2D eigenvalue weighted by Crippen LogP contribution is -2.57. The summed E-state index contributed by atoms with van der Waals surface area (Å²) in [6.07, 6.45) is 3.72. The second kappa shape index (κ2) is 14.0. The maximum atomic E-state index is 15.2. The van der Waals surface area contributed by atoms with Gasteiger partial charge in [-0.15, -0.1) is 13.2 Å². The van der Waals surface area contributed by atoms with Crippen LogP contribution < -0.4 is 14.5 Å². The van der Waals surface area contributed by atoms with Crippen molar-refractivity contribution in [2.45, 2.75) is 57.4 Å². The van der Waals surface area contributed by atoms with Gasteiger partial charge in [0.2, 0.25) is 11.8 Å². The summed E-state index contributed by atoms with van der Waals surface area (Å²) in [5, 5.41) is 10.9. The Hall–Kier alpha value is -4.73. The van der Waals surface area contributed by atoms with Gasteiger partial charge < -0.3 is 29.3 Å². The lowest BCUT2D eigenvalue weighted by Gasteiger charge is -2.39. The molecule has 3 fully saturated rings. The van der Waals surface area contributed by atoms with Crippen molar-refractivity contribution in [3.8, 4) is 5.75 Å². The van der Waals surface area contributed by atoms with Crippen LogP contribution >= 0.6 is 0 Å². The summed E-state index contributed by atoms with van der Waals surface area (Å²) in [5.74, 6) is -2.04. The van der Waals surface area contributed by atoms with Crippen molar-refractivity contribution in [2.75, 3.05) is 36.1 Å². The van der Waals surface area contributed by atoms with E-state index in [4.69, 9.17) is 9.47 Å². The van der Waals surface area contributed by atoms with E-state index in [1.165, 1.54) is 4.90 Å². The molecule has 3 aromatic rings. The Balaban J connectivity index is 1.46. The zero-order valence-electron chi connectivity index (χ0n) is 28.5. The number of aliphatic hydroxyl groups excluding tert-OH is 1. The number of carbonyl (C=O) groups is 3. The molecule has 49 heavy (non-hydrogen) atoms. The average molecular weight is 664 g/mol. The molecule has 3 amide bonds. The predicted molar refractivity (Wildman–Crippen MR) is 189 cm³/mol. The third kappa shape index (κ3) is 5.85. The van der Waals surface area contributed by atoms with Crippen LogP contribution in [0.1, 0.15) is 42.5 Å². The van der Waals surface area contributed by atoms with Gasteiger partial charge in [-0.05, 0) is 80.6 Å². The van der Waals surface area contributed by atoms with Crippen LogP contribution in [0.4, 0.5) is 11.4 Å². The second-order valence-corrected chi connectivity index (χ2v) is 13.1. The van der Waals surface area contributed by atoms with Crippen molar-refractivity contribution in [1.82, 2.24) is 4.90 Å². The molecule has 0 aromatic heterocycles. The van der Waals surface area contributed by atoms with E-state index < -0.39 is 42.2 Å². The monoisotopic (exact) mass is 663 g/mol. The Labute approximate surface area is 288 Å². The first kappa shape index (κ1) is 34.1. The van der Waals surface area contributed by atoms with Crippen LogP contribution in [-0.4, -0.2) is 71.8 Å². The van der Waals surface area contributed by atoms with Gasteiger partial charge in [0, 0.05) is 24.5 Å².